The number of aliphatic hydroxyl groups excluding tert-OH is 1. The Morgan fingerprint density at radius 1 is 1.52 bits per heavy atom. The SMILES string of the molecule is [2H]C([2H])(NC(C)(C)C)[C@H](O)COc1nsnc1N1C([2H])([2H])C([2H])([2H])OC([2H])([2H])C1([2H])[2H]. The molecule has 0 saturated carbocycles. The summed E-state index contributed by atoms with van der Waals surface area (Å²) in [7, 11) is 0. The summed E-state index contributed by atoms with van der Waals surface area (Å²) in [5, 5.41) is 12.8. The smallest absolute Gasteiger partial charge is 0.270 e. The van der Waals surface area contributed by atoms with Crippen molar-refractivity contribution in [1.29, 1.82) is 0 Å². The van der Waals surface area contributed by atoms with Crippen LogP contribution in [0.25, 0.3) is 0 Å². The Bertz CT molecular complexity index is 775. The Kier molecular flexibility index (Phi) is 2.64. The van der Waals surface area contributed by atoms with Crippen molar-refractivity contribution in [2.75, 3.05) is 44.1 Å². The largest absolute Gasteiger partial charge is 0.472 e. The van der Waals surface area contributed by atoms with Gasteiger partial charge in [0.25, 0.3) is 5.88 Å². The fourth-order valence-corrected chi connectivity index (χ4v) is 1.69. The molecule has 1 aromatic heterocycles. The average molecular weight is 326 g/mol. The van der Waals surface area contributed by atoms with E-state index in [1.807, 2.05) is 0 Å². The van der Waals surface area contributed by atoms with Crippen LogP contribution in [0.1, 0.15) is 34.5 Å². The first-order valence-corrected chi connectivity index (χ1v) is 6.82. The van der Waals surface area contributed by atoms with E-state index < -0.39 is 62.6 Å². The van der Waals surface area contributed by atoms with Crippen LogP contribution in [0.5, 0.6) is 5.88 Å². The highest BCUT2D eigenvalue weighted by Crippen LogP contribution is 2.26. The molecule has 1 aliphatic heterocycles. The van der Waals surface area contributed by atoms with Crippen LogP contribution in [0, 0.1) is 0 Å². The van der Waals surface area contributed by atoms with Crippen molar-refractivity contribution in [1.82, 2.24) is 14.1 Å². The van der Waals surface area contributed by atoms with Crippen molar-refractivity contribution in [2.45, 2.75) is 32.4 Å². The van der Waals surface area contributed by atoms with E-state index >= 15 is 0 Å². The van der Waals surface area contributed by atoms with Gasteiger partial charge in [0.1, 0.15) is 12.7 Å². The van der Waals surface area contributed by atoms with Gasteiger partial charge in [0.15, 0.2) is 0 Å². The van der Waals surface area contributed by atoms with Gasteiger partial charge in [-0.05, 0) is 20.8 Å². The van der Waals surface area contributed by atoms with Gasteiger partial charge in [-0.15, -0.1) is 4.37 Å². The summed E-state index contributed by atoms with van der Waals surface area (Å²) in [6.45, 7) is -11.0. The van der Waals surface area contributed by atoms with Crippen LogP contribution >= 0.6 is 11.7 Å². The lowest BCUT2D eigenvalue weighted by molar-refractivity contribution is 0.0975. The third kappa shape index (κ3) is 5.39. The fraction of sp³-hybridized carbons (Fsp3) is 0.846. The summed E-state index contributed by atoms with van der Waals surface area (Å²) in [6, 6.07) is 0. The summed E-state index contributed by atoms with van der Waals surface area (Å²) in [6.07, 6.45) is -1.72. The molecule has 1 aromatic rings. The number of aliphatic hydroxyl groups is 1. The molecular formula is C13H24N4O3S. The van der Waals surface area contributed by atoms with E-state index in [9.17, 15) is 5.11 Å². The summed E-state index contributed by atoms with van der Waals surface area (Å²) < 4.78 is 96.2. The quantitative estimate of drug-likeness (QED) is 0.788. The van der Waals surface area contributed by atoms with Gasteiger partial charge in [-0.1, -0.05) is 0 Å². The third-order valence-corrected chi connectivity index (χ3v) is 2.56. The Labute approximate surface area is 143 Å². The molecule has 1 saturated heterocycles. The Balaban J connectivity index is 2.35. The Hall–Kier alpha value is -0.960. The van der Waals surface area contributed by atoms with E-state index in [2.05, 4.69) is 18.8 Å². The van der Waals surface area contributed by atoms with Crippen molar-refractivity contribution in [3.63, 3.8) is 0 Å². The van der Waals surface area contributed by atoms with Crippen molar-refractivity contribution < 1.29 is 28.3 Å². The molecule has 1 aliphatic rings. The minimum Gasteiger partial charge on any atom is -0.472 e. The summed E-state index contributed by atoms with van der Waals surface area (Å²) in [4.78, 5) is 0.108. The molecule has 0 amide bonds. The molecule has 2 heterocycles. The van der Waals surface area contributed by atoms with Crippen LogP contribution in [0.2, 0.25) is 0 Å². The predicted molar refractivity (Wildman–Crippen MR) is 82.2 cm³/mol. The summed E-state index contributed by atoms with van der Waals surface area (Å²) in [5.41, 5.74) is -0.686. The second-order valence-corrected chi connectivity index (χ2v) is 5.63. The van der Waals surface area contributed by atoms with Gasteiger partial charge in [0.2, 0.25) is 5.82 Å². The van der Waals surface area contributed by atoms with E-state index in [-0.39, 0.29) is 4.90 Å². The minimum atomic E-state index is -3.28. The number of morpholine rings is 1. The van der Waals surface area contributed by atoms with E-state index in [0.717, 1.165) is 0 Å². The number of anilines is 1. The first-order chi connectivity index (χ1) is 13.7. The molecule has 2 rings (SSSR count). The number of aromatic nitrogens is 2. The van der Waals surface area contributed by atoms with E-state index in [4.69, 9.17) is 18.4 Å². The van der Waals surface area contributed by atoms with Gasteiger partial charge in [0, 0.05) is 27.8 Å². The second kappa shape index (κ2) is 7.35. The van der Waals surface area contributed by atoms with Crippen LogP contribution in [-0.2, 0) is 4.74 Å². The highest BCUT2D eigenvalue weighted by Gasteiger charge is 2.21. The van der Waals surface area contributed by atoms with Crippen LogP contribution in [0.4, 0.5) is 5.82 Å². The second-order valence-electron chi connectivity index (χ2n) is 5.10. The van der Waals surface area contributed by atoms with E-state index in [1.54, 1.807) is 20.8 Å². The molecule has 1 fully saturated rings. The van der Waals surface area contributed by atoms with Gasteiger partial charge >= 0.3 is 0 Å². The third-order valence-electron chi connectivity index (χ3n) is 2.06. The lowest BCUT2D eigenvalue weighted by Crippen LogP contribution is -2.42. The molecule has 1 atom stereocenters. The van der Waals surface area contributed by atoms with Crippen LogP contribution in [-0.4, -0.2) is 64.7 Å². The molecule has 2 N–H and O–H groups in total. The zero-order chi connectivity index (χ0) is 24.3. The van der Waals surface area contributed by atoms with Gasteiger partial charge in [-0.3, -0.25) is 0 Å². The molecule has 0 spiro atoms. The number of β-amino-alcohol motifs (C(OH)–C–C–N with tert-alkyl or cyclic N) is 1. The molecule has 0 aliphatic carbocycles. The van der Waals surface area contributed by atoms with Crippen LogP contribution in [0.15, 0.2) is 0 Å². The average Bonchev–Trinajstić information content (AvgIpc) is 2.95. The minimum absolute atomic E-state index is 0.108. The maximum absolute atomic E-state index is 10.2. The molecular weight excluding hydrogens is 292 g/mol. The zero-order valence-corrected chi connectivity index (χ0v) is 12.6. The van der Waals surface area contributed by atoms with Gasteiger partial charge in [-0.25, -0.2) is 0 Å². The fourth-order valence-electron chi connectivity index (χ4n) is 1.20. The number of nitrogens with zero attached hydrogens (tertiary/aromatic N) is 3. The molecule has 7 nitrogen and oxygen atoms in total. The normalized spacial score (nSPS) is 35.1. The first-order valence-electron chi connectivity index (χ1n) is 11.1. The van der Waals surface area contributed by atoms with Crippen LogP contribution < -0.4 is 15.0 Å². The topological polar surface area (TPSA) is 79.7 Å². The first kappa shape index (κ1) is 7.54. The standard InChI is InChI=1S/C13H24N4O3S/c1-13(2,3)14-8-10(18)9-20-12-11(15-21-16-12)17-4-6-19-7-5-17/h10,14,18H,4-9H2,1-3H3/t10-/m0/s1/i4D2,5D2,6D2,7D2,8D2. The predicted octanol–water partition coefficient (Wildman–Crippen LogP) is 0.502. The lowest BCUT2D eigenvalue weighted by atomic mass is 10.1. The van der Waals surface area contributed by atoms with Gasteiger partial charge in [-0.2, -0.15) is 4.37 Å². The highest BCUT2D eigenvalue weighted by atomic mass is 32.1. The maximum atomic E-state index is 10.2. The van der Waals surface area contributed by atoms with Gasteiger partial charge in [0.05, 0.1) is 35.8 Å². The highest BCUT2D eigenvalue weighted by molar-refractivity contribution is 6.99. The molecule has 0 bridgehead atoms. The van der Waals surface area contributed by atoms with Crippen molar-refractivity contribution in [2.24, 2.45) is 0 Å². The Morgan fingerprint density at radius 3 is 2.90 bits per heavy atom. The lowest BCUT2D eigenvalue weighted by Gasteiger charge is -2.27. The van der Waals surface area contributed by atoms with Crippen molar-refractivity contribution in [3.05, 3.63) is 0 Å². The molecule has 21 heavy (non-hydrogen) atoms. The number of ether oxygens (including phenoxy) is 2. The van der Waals surface area contributed by atoms with Crippen molar-refractivity contribution >= 4 is 17.5 Å². The number of hydrogen-bond acceptors (Lipinski definition) is 8. The number of hydrogen-bond donors (Lipinski definition) is 2. The zero-order valence-electron chi connectivity index (χ0n) is 21.8. The monoisotopic (exact) mass is 326 g/mol. The number of nitrogens with one attached hydrogen (secondary N) is 1. The summed E-state index contributed by atoms with van der Waals surface area (Å²) >= 11 is 0.454. The van der Waals surface area contributed by atoms with E-state index in [1.165, 1.54) is 0 Å². The summed E-state index contributed by atoms with van der Waals surface area (Å²) in [5.74, 6) is -1.19. The molecule has 0 aromatic carbocycles. The Morgan fingerprint density at radius 2 is 2.24 bits per heavy atom. The number of rotatable bonds is 6. The molecule has 120 valence electrons. The molecule has 8 heteroatoms. The molecule has 0 unspecified atom stereocenters. The van der Waals surface area contributed by atoms with E-state index in [0.29, 0.717) is 11.7 Å². The maximum Gasteiger partial charge on any atom is 0.270 e. The van der Waals surface area contributed by atoms with Crippen LogP contribution in [0.3, 0.4) is 0 Å². The molecule has 0 radical (unpaired) electrons. The van der Waals surface area contributed by atoms with Crippen molar-refractivity contribution in [3.8, 4) is 5.88 Å². The van der Waals surface area contributed by atoms with Gasteiger partial charge < -0.3 is 24.8 Å².